The van der Waals surface area contributed by atoms with Gasteiger partial charge in [-0.1, -0.05) is 41.7 Å². The van der Waals surface area contributed by atoms with E-state index in [4.69, 9.17) is 21.2 Å². The van der Waals surface area contributed by atoms with Gasteiger partial charge in [-0.05, 0) is 75.0 Å². The monoisotopic (exact) mass is 521 g/mol. The van der Waals surface area contributed by atoms with Crippen molar-refractivity contribution in [3.8, 4) is 0 Å². The van der Waals surface area contributed by atoms with Gasteiger partial charge in [0.25, 0.3) is 0 Å². The summed E-state index contributed by atoms with van der Waals surface area (Å²) in [6.07, 6.45) is 4.56. The quantitative estimate of drug-likeness (QED) is 0.316. The van der Waals surface area contributed by atoms with Crippen molar-refractivity contribution in [3.05, 3.63) is 69.0 Å². The van der Waals surface area contributed by atoms with Crippen LogP contribution in [-0.4, -0.2) is 22.4 Å². The first kappa shape index (κ1) is 22.2. The number of amides is 1. The molecule has 2 aromatic carbocycles. The summed E-state index contributed by atoms with van der Waals surface area (Å²) in [4.78, 5) is 18.3. The Morgan fingerprint density at radius 1 is 1.22 bits per heavy atom. The van der Waals surface area contributed by atoms with Crippen molar-refractivity contribution in [2.75, 3.05) is 10.8 Å². The van der Waals surface area contributed by atoms with Crippen LogP contribution >= 0.6 is 27.5 Å². The van der Waals surface area contributed by atoms with E-state index >= 15 is 0 Å². The predicted octanol–water partition coefficient (Wildman–Crippen LogP) is 5.45. The van der Waals surface area contributed by atoms with Gasteiger partial charge in [0.1, 0.15) is 12.0 Å². The van der Waals surface area contributed by atoms with Crippen molar-refractivity contribution in [3.63, 3.8) is 0 Å². The van der Waals surface area contributed by atoms with Gasteiger partial charge in [-0.15, -0.1) is 0 Å². The van der Waals surface area contributed by atoms with E-state index in [1.54, 1.807) is 12.1 Å². The largest absolute Gasteiger partial charge is 0.305 e. The molecule has 3 aromatic rings. The van der Waals surface area contributed by atoms with Crippen LogP contribution < -0.4 is 10.8 Å². The van der Waals surface area contributed by atoms with Crippen molar-refractivity contribution in [2.45, 2.75) is 31.1 Å². The highest BCUT2D eigenvalue weighted by Crippen LogP contribution is 2.42. The first-order valence-corrected chi connectivity index (χ1v) is 11.0. The van der Waals surface area contributed by atoms with Gasteiger partial charge >= 0.3 is 0 Å². The second kappa shape index (κ2) is 9.66. The third kappa shape index (κ3) is 4.76. The van der Waals surface area contributed by atoms with E-state index in [9.17, 15) is 9.18 Å². The lowest BCUT2D eigenvalue weighted by Crippen LogP contribution is -2.38. The van der Waals surface area contributed by atoms with Crippen molar-refractivity contribution >= 4 is 51.2 Å². The van der Waals surface area contributed by atoms with E-state index < -0.39 is 11.2 Å². The standard InChI is InChI=1S/C21H18BrClFN5O3/c22-16-11-15(7-8-17(16)24)27-31-25-12-18-19(29-32-28-18)26-20(30)21(9-1-2-10-21)13-3-5-14(23)6-4-13/h3-8,11-12,27H,1-2,9-10H2,(H,26,29,30)/b25-12+. The van der Waals surface area contributed by atoms with Gasteiger partial charge in [0.15, 0.2) is 5.69 Å². The fourth-order valence-electron chi connectivity index (χ4n) is 3.70. The highest BCUT2D eigenvalue weighted by atomic mass is 79.9. The number of halogens is 3. The molecule has 1 heterocycles. The Morgan fingerprint density at radius 3 is 2.69 bits per heavy atom. The van der Waals surface area contributed by atoms with Gasteiger partial charge in [-0.2, -0.15) is 5.48 Å². The minimum absolute atomic E-state index is 0.132. The smallest absolute Gasteiger partial charge is 0.236 e. The predicted molar refractivity (Wildman–Crippen MR) is 121 cm³/mol. The lowest BCUT2D eigenvalue weighted by molar-refractivity contribution is -0.121. The zero-order chi connectivity index (χ0) is 22.6. The number of rotatable bonds is 7. The van der Waals surface area contributed by atoms with Crippen LogP contribution in [0.3, 0.4) is 0 Å². The zero-order valence-corrected chi connectivity index (χ0v) is 19.0. The van der Waals surface area contributed by atoms with Crippen molar-refractivity contribution in [2.24, 2.45) is 5.16 Å². The van der Waals surface area contributed by atoms with Gasteiger partial charge < -0.3 is 5.32 Å². The summed E-state index contributed by atoms with van der Waals surface area (Å²) < 4.78 is 18.3. The molecule has 1 aromatic heterocycles. The summed E-state index contributed by atoms with van der Waals surface area (Å²) in [5.74, 6) is -0.461. The molecule has 0 saturated heterocycles. The molecule has 11 heteroatoms. The van der Waals surface area contributed by atoms with Crippen LogP contribution in [0, 0.1) is 5.82 Å². The van der Waals surface area contributed by atoms with Gasteiger partial charge in [-0.25, -0.2) is 9.02 Å². The van der Waals surface area contributed by atoms with Gasteiger partial charge in [0.2, 0.25) is 11.7 Å². The Bertz CT molecular complexity index is 1130. The molecule has 1 amide bonds. The molecule has 1 aliphatic rings. The Morgan fingerprint density at radius 2 is 1.97 bits per heavy atom. The van der Waals surface area contributed by atoms with E-state index in [1.807, 2.05) is 12.1 Å². The van der Waals surface area contributed by atoms with Crippen molar-refractivity contribution < 1.29 is 18.8 Å². The molecule has 1 fully saturated rings. The maximum absolute atomic E-state index is 13.3. The molecule has 166 valence electrons. The highest BCUT2D eigenvalue weighted by Gasteiger charge is 2.43. The number of nitrogens with zero attached hydrogens (tertiary/aromatic N) is 3. The molecule has 2 N–H and O–H groups in total. The summed E-state index contributed by atoms with van der Waals surface area (Å²) in [7, 11) is 0. The summed E-state index contributed by atoms with van der Waals surface area (Å²) in [6.45, 7) is 0. The molecule has 32 heavy (non-hydrogen) atoms. The van der Waals surface area contributed by atoms with E-state index in [1.165, 1.54) is 24.4 Å². The highest BCUT2D eigenvalue weighted by molar-refractivity contribution is 9.10. The van der Waals surface area contributed by atoms with Crippen LogP contribution in [0.15, 0.2) is 56.7 Å². The summed E-state index contributed by atoms with van der Waals surface area (Å²) in [5, 5.41) is 14.7. The molecular formula is C21H18BrClFN5O3. The van der Waals surface area contributed by atoms with Crippen LogP contribution in [-0.2, 0) is 15.1 Å². The number of hydrogen-bond acceptors (Lipinski definition) is 7. The van der Waals surface area contributed by atoms with Gasteiger partial charge in [0, 0.05) is 5.02 Å². The number of aromatic nitrogens is 2. The zero-order valence-electron chi connectivity index (χ0n) is 16.6. The molecule has 8 nitrogen and oxygen atoms in total. The molecule has 1 saturated carbocycles. The second-order valence-corrected chi connectivity index (χ2v) is 8.60. The number of carbonyl (C=O) groups is 1. The SMILES string of the molecule is O=C(Nc1nonc1/C=N/ONc1ccc(F)c(Br)c1)C1(c2ccc(Cl)cc2)CCCC1. The van der Waals surface area contributed by atoms with Gasteiger partial charge in [0.05, 0.1) is 15.6 Å². The fraction of sp³-hybridized carbons (Fsp3) is 0.238. The molecular weight excluding hydrogens is 505 g/mol. The minimum Gasteiger partial charge on any atom is -0.305 e. The Labute approximate surface area is 196 Å². The molecule has 0 aliphatic heterocycles. The second-order valence-electron chi connectivity index (χ2n) is 7.31. The number of anilines is 2. The molecule has 4 rings (SSSR count). The third-order valence-corrected chi connectivity index (χ3v) is 6.20. The van der Waals surface area contributed by atoms with E-state index in [0.29, 0.717) is 10.7 Å². The van der Waals surface area contributed by atoms with Crippen LogP contribution in [0.1, 0.15) is 36.9 Å². The molecule has 0 unspecified atom stereocenters. The lowest BCUT2D eigenvalue weighted by Gasteiger charge is -2.27. The summed E-state index contributed by atoms with van der Waals surface area (Å²) >= 11 is 9.10. The fourth-order valence-corrected chi connectivity index (χ4v) is 4.21. The first-order valence-electron chi connectivity index (χ1n) is 9.78. The Balaban J connectivity index is 1.43. The van der Waals surface area contributed by atoms with Gasteiger partial charge in [-0.3, -0.25) is 9.73 Å². The van der Waals surface area contributed by atoms with Crippen LogP contribution in [0.25, 0.3) is 0 Å². The summed E-state index contributed by atoms with van der Waals surface area (Å²) in [5.41, 5.74) is 3.44. The average Bonchev–Trinajstić information content (AvgIpc) is 3.45. The van der Waals surface area contributed by atoms with Crippen LogP contribution in [0.4, 0.5) is 15.9 Å². The number of nitrogens with one attached hydrogen (secondary N) is 2. The first-order chi connectivity index (χ1) is 15.5. The average molecular weight is 523 g/mol. The molecule has 0 radical (unpaired) electrons. The maximum Gasteiger partial charge on any atom is 0.236 e. The normalized spacial score (nSPS) is 15.1. The molecule has 0 atom stereocenters. The minimum atomic E-state index is -0.675. The molecule has 1 aliphatic carbocycles. The van der Waals surface area contributed by atoms with E-state index in [0.717, 1.165) is 31.2 Å². The van der Waals surface area contributed by atoms with E-state index in [-0.39, 0.29) is 21.9 Å². The van der Waals surface area contributed by atoms with Crippen molar-refractivity contribution in [1.82, 2.24) is 10.3 Å². The summed E-state index contributed by atoms with van der Waals surface area (Å²) in [6, 6.07) is 11.6. The van der Waals surface area contributed by atoms with Crippen LogP contribution in [0.2, 0.25) is 5.02 Å². The number of benzene rings is 2. The third-order valence-electron chi connectivity index (χ3n) is 5.35. The topological polar surface area (TPSA) is 102 Å². The molecule has 0 spiro atoms. The van der Waals surface area contributed by atoms with Crippen LogP contribution in [0.5, 0.6) is 0 Å². The van der Waals surface area contributed by atoms with E-state index in [2.05, 4.69) is 42.2 Å². The Kier molecular flexibility index (Phi) is 6.71. The Hall–Kier alpha value is -2.98. The van der Waals surface area contributed by atoms with Crippen molar-refractivity contribution in [1.29, 1.82) is 0 Å². The lowest BCUT2D eigenvalue weighted by atomic mass is 9.78. The molecule has 0 bridgehead atoms. The number of carbonyl (C=O) groups excluding carboxylic acids is 1. The number of hydrogen-bond donors (Lipinski definition) is 2. The maximum atomic E-state index is 13.3. The number of oxime groups is 1.